The van der Waals surface area contributed by atoms with E-state index in [0.29, 0.717) is 6.04 Å². The van der Waals surface area contributed by atoms with Crippen LogP contribution in [0.5, 0.6) is 0 Å². The Labute approximate surface area is 162 Å². The van der Waals surface area contributed by atoms with Crippen molar-refractivity contribution in [2.75, 3.05) is 46.5 Å². The second-order valence-corrected chi connectivity index (χ2v) is 6.48. The monoisotopic (exact) mass is 366 g/mol. The second-order valence-electron chi connectivity index (χ2n) is 6.48. The summed E-state index contributed by atoms with van der Waals surface area (Å²) in [5.74, 6) is 0. The number of likely N-dealkylation sites (N-methyl/N-ethyl adjacent to an activating group) is 1. The summed E-state index contributed by atoms with van der Waals surface area (Å²) in [6.07, 6.45) is 11.5. The van der Waals surface area contributed by atoms with E-state index in [1.54, 1.807) is 0 Å². The molecule has 0 aromatic carbocycles. The number of nitrogens with zero attached hydrogens (tertiary/aromatic N) is 2. The van der Waals surface area contributed by atoms with Crippen LogP contribution < -0.4 is 0 Å². The van der Waals surface area contributed by atoms with Crippen LogP contribution in [0, 0.1) is 0 Å². The van der Waals surface area contributed by atoms with Gasteiger partial charge in [0.2, 0.25) is 0 Å². The quantitative estimate of drug-likeness (QED) is 0.524. The first-order valence-electron chi connectivity index (χ1n) is 10.3. The van der Waals surface area contributed by atoms with E-state index in [2.05, 4.69) is 49.8 Å². The fraction of sp³-hybridized carbons (Fsp3) is 0.727. The predicted molar refractivity (Wildman–Crippen MR) is 113 cm³/mol. The largest absolute Gasteiger partial charge is 0.392 e. The number of allylic oxidation sites excluding steroid dienone is 3. The van der Waals surface area contributed by atoms with Crippen LogP contribution in [-0.2, 0) is 4.74 Å². The van der Waals surface area contributed by atoms with Gasteiger partial charge in [-0.1, -0.05) is 39.0 Å². The Balaban J connectivity index is 0.00000301. The molecular formula is C22H42N2O2. The molecule has 4 nitrogen and oxygen atoms in total. The van der Waals surface area contributed by atoms with E-state index >= 15 is 0 Å². The minimum Gasteiger partial charge on any atom is -0.392 e. The maximum absolute atomic E-state index is 9.42. The van der Waals surface area contributed by atoms with Crippen molar-refractivity contribution in [3.05, 3.63) is 35.6 Å². The van der Waals surface area contributed by atoms with E-state index in [0.717, 1.165) is 57.7 Å². The van der Waals surface area contributed by atoms with Crippen LogP contribution in [0.3, 0.4) is 0 Å². The third-order valence-electron chi connectivity index (χ3n) is 4.60. The first-order chi connectivity index (χ1) is 12.6. The zero-order chi connectivity index (χ0) is 19.8. The molecule has 0 aromatic rings. The fourth-order valence-electron chi connectivity index (χ4n) is 2.76. The lowest BCUT2D eigenvalue weighted by Crippen LogP contribution is -2.35. The summed E-state index contributed by atoms with van der Waals surface area (Å²) in [5, 5.41) is 9.42. The molecule has 0 aliphatic heterocycles. The summed E-state index contributed by atoms with van der Waals surface area (Å²) in [5.41, 5.74) is 2.28. The molecule has 1 aliphatic carbocycles. The second kappa shape index (κ2) is 16.1. The van der Waals surface area contributed by atoms with Crippen molar-refractivity contribution in [3.63, 3.8) is 0 Å². The minimum atomic E-state index is 0.0995. The molecule has 1 rings (SSSR count). The van der Waals surface area contributed by atoms with Gasteiger partial charge in [0.15, 0.2) is 0 Å². The Bertz CT molecular complexity index is 430. The summed E-state index contributed by atoms with van der Waals surface area (Å²) in [4.78, 5) is 4.81. The molecule has 4 heteroatoms. The molecule has 0 aromatic heterocycles. The van der Waals surface area contributed by atoms with Crippen LogP contribution in [0.2, 0.25) is 0 Å². The molecular weight excluding hydrogens is 324 g/mol. The van der Waals surface area contributed by atoms with Gasteiger partial charge in [-0.2, -0.15) is 0 Å². The third kappa shape index (κ3) is 10.1. The number of hydrogen-bond acceptors (Lipinski definition) is 4. The van der Waals surface area contributed by atoms with Crippen molar-refractivity contribution >= 4 is 0 Å². The van der Waals surface area contributed by atoms with Gasteiger partial charge >= 0.3 is 0 Å². The van der Waals surface area contributed by atoms with Crippen molar-refractivity contribution in [1.82, 2.24) is 9.80 Å². The molecule has 1 N–H and O–H groups in total. The van der Waals surface area contributed by atoms with E-state index in [1.807, 2.05) is 26.0 Å². The molecule has 0 amide bonds. The van der Waals surface area contributed by atoms with Crippen LogP contribution in [0.25, 0.3) is 0 Å². The van der Waals surface area contributed by atoms with E-state index in [9.17, 15) is 5.11 Å². The predicted octanol–water partition coefficient (Wildman–Crippen LogP) is 4.23. The molecule has 26 heavy (non-hydrogen) atoms. The number of ether oxygens (including phenoxy) is 1. The Kier molecular flexibility index (Phi) is 15.4. The highest BCUT2D eigenvalue weighted by atomic mass is 16.5. The maximum atomic E-state index is 9.42. The van der Waals surface area contributed by atoms with Gasteiger partial charge in [-0.3, -0.25) is 0 Å². The molecule has 1 atom stereocenters. The Morgan fingerprint density at radius 3 is 2.54 bits per heavy atom. The van der Waals surface area contributed by atoms with Crippen LogP contribution in [-0.4, -0.2) is 67.5 Å². The van der Waals surface area contributed by atoms with Gasteiger partial charge in [0.25, 0.3) is 0 Å². The van der Waals surface area contributed by atoms with Gasteiger partial charge < -0.3 is 19.6 Å². The average molecular weight is 367 g/mol. The standard InChI is InChI=1S/C20H36N2O2.C2H6/c1-5-14-24-15-13-21(4)18(3)11-12-22(6-2)20-10-8-7-9-19(16-20)17-23;1-2/h7-9,16,18,23H,5-6,10-15,17H2,1-4H3;1-2H3. The summed E-state index contributed by atoms with van der Waals surface area (Å²) < 4.78 is 5.58. The SMILES string of the molecule is CC.CCCOCCN(C)C(C)CCN(CC)C1=CC(CO)=CC=CC1. The lowest BCUT2D eigenvalue weighted by molar-refractivity contribution is 0.0980. The van der Waals surface area contributed by atoms with Crippen molar-refractivity contribution in [3.8, 4) is 0 Å². The van der Waals surface area contributed by atoms with Crippen LogP contribution in [0.4, 0.5) is 0 Å². The lowest BCUT2D eigenvalue weighted by Gasteiger charge is -2.30. The van der Waals surface area contributed by atoms with Gasteiger partial charge in [-0.05, 0) is 45.4 Å². The highest BCUT2D eigenvalue weighted by Gasteiger charge is 2.13. The summed E-state index contributed by atoms with van der Waals surface area (Å²) in [6.45, 7) is 15.4. The molecule has 0 fully saturated rings. The summed E-state index contributed by atoms with van der Waals surface area (Å²) in [7, 11) is 2.18. The van der Waals surface area contributed by atoms with E-state index in [-0.39, 0.29) is 6.61 Å². The highest BCUT2D eigenvalue weighted by molar-refractivity contribution is 5.31. The van der Waals surface area contributed by atoms with Gasteiger partial charge in [0.05, 0.1) is 13.2 Å². The topological polar surface area (TPSA) is 35.9 Å². The summed E-state index contributed by atoms with van der Waals surface area (Å²) in [6, 6.07) is 0.527. The zero-order valence-electron chi connectivity index (χ0n) is 18.0. The number of rotatable bonds is 12. The van der Waals surface area contributed by atoms with Crippen molar-refractivity contribution in [2.45, 2.75) is 59.9 Å². The molecule has 0 radical (unpaired) electrons. The number of aliphatic hydroxyl groups excluding tert-OH is 1. The van der Waals surface area contributed by atoms with E-state index < -0.39 is 0 Å². The fourth-order valence-corrected chi connectivity index (χ4v) is 2.76. The highest BCUT2D eigenvalue weighted by Crippen LogP contribution is 2.17. The molecule has 0 bridgehead atoms. The van der Waals surface area contributed by atoms with Crippen LogP contribution in [0.1, 0.15) is 53.9 Å². The summed E-state index contributed by atoms with van der Waals surface area (Å²) >= 11 is 0. The first-order valence-corrected chi connectivity index (χ1v) is 10.3. The number of hydrogen-bond donors (Lipinski definition) is 1. The molecule has 152 valence electrons. The average Bonchev–Trinajstić information content (AvgIpc) is 2.92. The molecule has 0 heterocycles. The van der Waals surface area contributed by atoms with Gasteiger partial charge in [-0.15, -0.1) is 0 Å². The molecule has 0 saturated heterocycles. The van der Waals surface area contributed by atoms with Gasteiger partial charge in [0.1, 0.15) is 0 Å². The third-order valence-corrected chi connectivity index (χ3v) is 4.60. The van der Waals surface area contributed by atoms with E-state index in [4.69, 9.17) is 4.74 Å². The minimum absolute atomic E-state index is 0.0995. The van der Waals surface area contributed by atoms with Crippen molar-refractivity contribution in [1.29, 1.82) is 0 Å². The Morgan fingerprint density at radius 1 is 1.19 bits per heavy atom. The van der Waals surface area contributed by atoms with Crippen LogP contribution >= 0.6 is 0 Å². The molecule has 0 saturated carbocycles. The van der Waals surface area contributed by atoms with Crippen molar-refractivity contribution < 1.29 is 9.84 Å². The normalized spacial score (nSPS) is 14.9. The molecule has 1 aliphatic rings. The van der Waals surface area contributed by atoms with Gasteiger partial charge in [0, 0.05) is 44.4 Å². The Morgan fingerprint density at radius 2 is 1.92 bits per heavy atom. The number of aliphatic hydroxyl groups is 1. The first kappa shape index (κ1) is 24.9. The zero-order valence-corrected chi connectivity index (χ0v) is 18.0. The Hall–Kier alpha value is -1.10. The molecule has 1 unspecified atom stereocenters. The molecule has 0 spiro atoms. The lowest BCUT2D eigenvalue weighted by atomic mass is 10.1. The maximum Gasteiger partial charge on any atom is 0.0682 e. The van der Waals surface area contributed by atoms with E-state index in [1.165, 1.54) is 5.70 Å². The van der Waals surface area contributed by atoms with Crippen LogP contribution in [0.15, 0.2) is 35.6 Å². The van der Waals surface area contributed by atoms with Crippen molar-refractivity contribution in [2.24, 2.45) is 0 Å². The smallest absolute Gasteiger partial charge is 0.0682 e. The van der Waals surface area contributed by atoms with Gasteiger partial charge in [-0.25, -0.2) is 0 Å².